The van der Waals surface area contributed by atoms with Crippen molar-refractivity contribution in [2.75, 3.05) is 33.4 Å². The average molecular weight is 563 g/mol. The van der Waals surface area contributed by atoms with Crippen LogP contribution in [0.2, 0.25) is 5.02 Å². The standard InChI is InChI=1S/C34H43ClN2O3/c1-3-25-9-6-10-28(23-25)32-30(12-7-13-31(32)35)34(39,19-4-5-22-40-2)29-11-8-21-37(24-29)33(38)27-16-14-26(15-17-27)18-20-36/h6-7,9-10,12-17,23,29,39H,3-5,8,11,18-22,24,36H2,1-2H3/t29?,34-/m0/s1. The van der Waals surface area contributed by atoms with Crippen molar-refractivity contribution >= 4 is 17.5 Å². The molecule has 0 aliphatic carbocycles. The van der Waals surface area contributed by atoms with Crippen LogP contribution in [0, 0.1) is 5.92 Å². The Labute approximate surface area is 244 Å². The number of nitrogens with two attached hydrogens (primary N) is 1. The Morgan fingerprint density at radius 1 is 1.10 bits per heavy atom. The second-order valence-electron chi connectivity index (χ2n) is 10.9. The van der Waals surface area contributed by atoms with Gasteiger partial charge in [0.1, 0.15) is 0 Å². The Hall–Kier alpha value is -2.70. The Morgan fingerprint density at radius 3 is 2.60 bits per heavy atom. The quantitative estimate of drug-likeness (QED) is 0.243. The fourth-order valence-electron chi connectivity index (χ4n) is 6.04. The Morgan fingerprint density at radius 2 is 1.88 bits per heavy atom. The molecule has 1 aliphatic heterocycles. The van der Waals surface area contributed by atoms with E-state index in [1.54, 1.807) is 7.11 Å². The summed E-state index contributed by atoms with van der Waals surface area (Å²) < 4.78 is 5.30. The third kappa shape index (κ3) is 6.95. The van der Waals surface area contributed by atoms with Crippen molar-refractivity contribution in [3.63, 3.8) is 0 Å². The van der Waals surface area contributed by atoms with E-state index in [1.165, 1.54) is 5.56 Å². The number of carbonyl (C=O) groups excluding carboxylic acids is 1. The molecule has 0 saturated carbocycles. The molecule has 40 heavy (non-hydrogen) atoms. The van der Waals surface area contributed by atoms with Gasteiger partial charge in [-0.1, -0.05) is 67.1 Å². The van der Waals surface area contributed by atoms with Crippen molar-refractivity contribution < 1.29 is 14.6 Å². The number of likely N-dealkylation sites (tertiary alicyclic amines) is 1. The van der Waals surface area contributed by atoms with E-state index < -0.39 is 5.60 Å². The number of ether oxygens (including phenoxy) is 1. The lowest BCUT2D eigenvalue weighted by molar-refractivity contribution is -0.0574. The summed E-state index contributed by atoms with van der Waals surface area (Å²) >= 11 is 6.88. The smallest absolute Gasteiger partial charge is 0.253 e. The zero-order valence-electron chi connectivity index (χ0n) is 23.9. The number of piperidine rings is 1. The van der Waals surface area contributed by atoms with Crippen LogP contribution in [-0.2, 0) is 23.2 Å². The summed E-state index contributed by atoms with van der Waals surface area (Å²) in [7, 11) is 1.70. The van der Waals surface area contributed by atoms with Crippen molar-refractivity contribution in [1.29, 1.82) is 0 Å². The minimum absolute atomic E-state index is 0.00713. The average Bonchev–Trinajstić information content (AvgIpc) is 2.99. The first-order valence-electron chi connectivity index (χ1n) is 14.6. The van der Waals surface area contributed by atoms with Crippen LogP contribution in [0.5, 0.6) is 0 Å². The molecule has 3 aromatic rings. The van der Waals surface area contributed by atoms with E-state index in [0.717, 1.165) is 60.8 Å². The highest BCUT2D eigenvalue weighted by Gasteiger charge is 2.43. The van der Waals surface area contributed by atoms with Crippen LogP contribution in [0.4, 0.5) is 0 Å². The topological polar surface area (TPSA) is 75.8 Å². The summed E-state index contributed by atoms with van der Waals surface area (Å²) in [5.41, 5.74) is 10.3. The van der Waals surface area contributed by atoms with Crippen LogP contribution in [0.3, 0.4) is 0 Å². The number of rotatable bonds is 12. The zero-order chi connectivity index (χ0) is 28.5. The highest BCUT2D eigenvalue weighted by atomic mass is 35.5. The first-order valence-corrected chi connectivity index (χ1v) is 15.0. The Bertz CT molecular complexity index is 1260. The second kappa shape index (κ2) is 14.3. The maximum Gasteiger partial charge on any atom is 0.253 e. The van der Waals surface area contributed by atoms with Crippen molar-refractivity contribution in [2.45, 2.75) is 57.5 Å². The van der Waals surface area contributed by atoms with E-state index in [0.29, 0.717) is 43.2 Å². The summed E-state index contributed by atoms with van der Waals surface area (Å²) in [5, 5.41) is 13.3. The third-order valence-corrected chi connectivity index (χ3v) is 8.59. The molecule has 2 atom stereocenters. The molecule has 5 nitrogen and oxygen atoms in total. The maximum absolute atomic E-state index is 13.6. The van der Waals surface area contributed by atoms with E-state index in [1.807, 2.05) is 47.4 Å². The van der Waals surface area contributed by atoms with Crippen LogP contribution in [-0.4, -0.2) is 49.3 Å². The van der Waals surface area contributed by atoms with Crippen molar-refractivity contribution in [2.24, 2.45) is 11.7 Å². The number of halogens is 1. The molecule has 1 saturated heterocycles. The predicted octanol–water partition coefficient (Wildman–Crippen LogP) is 6.63. The van der Waals surface area contributed by atoms with Gasteiger partial charge in [-0.25, -0.2) is 0 Å². The van der Waals surface area contributed by atoms with Gasteiger partial charge in [0.15, 0.2) is 0 Å². The molecule has 0 bridgehead atoms. The fourth-order valence-corrected chi connectivity index (χ4v) is 6.32. The molecule has 1 fully saturated rings. The molecule has 6 heteroatoms. The normalized spacial score (nSPS) is 17.0. The number of amides is 1. The predicted molar refractivity (Wildman–Crippen MR) is 164 cm³/mol. The zero-order valence-corrected chi connectivity index (χ0v) is 24.6. The number of nitrogens with zero attached hydrogens (tertiary/aromatic N) is 1. The largest absolute Gasteiger partial charge is 0.385 e. The Balaban J connectivity index is 1.69. The van der Waals surface area contributed by atoms with Gasteiger partial charge in [0.05, 0.1) is 5.60 Å². The molecule has 3 N–H and O–H groups in total. The lowest BCUT2D eigenvalue weighted by atomic mass is 9.72. The summed E-state index contributed by atoms with van der Waals surface area (Å²) in [6.45, 7) is 4.54. The van der Waals surface area contributed by atoms with Crippen molar-refractivity contribution in [3.05, 3.63) is 94.0 Å². The van der Waals surface area contributed by atoms with Gasteiger partial charge in [0.25, 0.3) is 5.91 Å². The number of unbranched alkanes of at least 4 members (excludes halogenated alkanes) is 1. The highest BCUT2D eigenvalue weighted by molar-refractivity contribution is 6.33. The molecule has 0 aromatic heterocycles. The number of aliphatic hydroxyl groups is 1. The van der Waals surface area contributed by atoms with E-state index in [2.05, 4.69) is 31.2 Å². The summed E-state index contributed by atoms with van der Waals surface area (Å²) in [6.07, 6.45) is 5.60. The minimum atomic E-state index is -1.15. The van der Waals surface area contributed by atoms with E-state index in [4.69, 9.17) is 22.1 Å². The van der Waals surface area contributed by atoms with Crippen LogP contribution in [0.15, 0.2) is 66.7 Å². The molecular formula is C34H43ClN2O3. The van der Waals surface area contributed by atoms with E-state index in [-0.39, 0.29) is 11.8 Å². The highest BCUT2D eigenvalue weighted by Crippen LogP contribution is 2.46. The van der Waals surface area contributed by atoms with Gasteiger partial charge in [0, 0.05) is 48.9 Å². The molecule has 1 aliphatic rings. The van der Waals surface area contributed by atoms with Crippen molar-refractivity contribution in [1.82, 2.24) is 4.90 Å². The molecule has 3 aromatic carbocycles. The molecule has 0 spiro atoms. The number of hydrogen-bond acceptors (Lipinski definition) is 4. The van der Waals surface area contributed by atoms with E-state index in [9.17, 15) is 9.90 Å². The van der Waals surface area contributed by atoms with Crippen LogP contribution < -0.4 is 5.73 Å². The van der Waals surface area contributed by atoms with Crippen LogP contribution in [0.1, 0.15) is 66.1 Å². The number of hydrogen-bond donors (Lipinski definition) is 2. The van der Waals surface area contributed by atoms with Gasteiger partial charge in [-0.15, -0.1) is 0 Å². The fraction of sp³-hybridized carbons (Fsp3) is 0.441. The number of aryl methyl sites for hydroxylation is 1. The molecular weight excluding hydrogens is 520 g/mol. The lowest BCUT2D eigenvalue weighted by Gasteiger charge is -2.44. The monoisotopic (exact) mass is 562 g/mol. The molecule has 1 amide bonds. The summed E-state index contributed by atoms with van der Waals surface area (Å²) in [4.78, 5) is 15.5. The lowest BCUT2D eigenvalue weighted by Crippen LogP contribution is -2.48. The summed E-state index contributed by atoms with van der Waals surface area (Å²) in [5.74, 6) is -0.122. The van der Waals surface area contributed by atoms with Gasteiger partial charge in [-0.3, -0.25) is 4.79 Å². The third-order valence-electron chi connectivity index (χ3n) is 8.28. The number of benzene rings is 3. The van der Waals surface area contributed by atoms with Gasteiger partial charge in [-0.2, -0.15) is 0 Å². The summed E-state index contributed by atoms with van der Waals surface area (Å²) in [6, 6.07) is 22.0. The minimum Gasteiger partial charge on any atom is -0.385 e. The molecule has 214 valence electrons. The van der Waals surface area contributed by atoms with Gasteiger partial charge < -0.3 is 20.5 Å². The number of carbonyl (C=O) groups is 1. The van der Waals surface area contributed by atoms with Crippen LogP contribution >= 0.6 is 11.6 Å². The van der Waals surface area contributed by atoms with Crippen molar-refractivity contribution in [3.8, 4) is 11.1 Å². The first-order chi connectivity index (χ1) is 19.4. The molecule has 1 unspecified atom stereocenters. The van der Waals surface area contributed by atoms with Gasteiger partial charge in [-0.05, 0) is 91.9 Å². The number of methoxy groups -OCH3 is 1. The second-order valence-corrected chi connectivity index (χ2v) is 11.3. The molecule has 0 radical (unpaired) electrons. The van der Waals surface area contributed by atoms with Gasteiger partial charge in [0.2, 0.25) is 0 Å². The van der Waals surface area contributed by atoms with E-state index >= 15 is 0 Å². The molecule has 1 heterocycles. The molecule has 4 rings (SSSR count). The SMILES string of the molecule is CCc1cccc(-c2c(Cl)cccc2[C@](O)(CCCCOC)C2CCCN(C(=O)c3ccc(CCN)cc3)C2)c1. The Kier molecular flexibility index (Phi) is 10.8. The van der Waals surface area contributed by atoms with Gasteiger partial charge >= 0.3 is 0 Å². The first kappa shape index (κ1) is 30.3. The maximum atomic E-state index is 13.6. The van der Waals surface area contributed by atoms with Crippen LogP contribution in [0.25, 0.3) is 11.1 Å².